The van der Waals surface area contributed by atoms with Gasteiger partial charge in [-0.1, -0.05) is 0 Å². The summed E-state index contributed by atoms with van der Waals surface area (Å²) >= 11 is 0. The standard InChI is InChI=1S/C12H21F3N2O/c13-12(14,15)6-1-7-17-8-4-10(5-9-17)2-3-11(16)18/h10H,1-9H2,(H2,16,18). The van der Waals surface area contributed by atoms with E-state index in [9.17, 15) is 18.0 Å². The van der Waals surface area contributed by atoms with Crippen molar-refractivity contribution >= 4 is 5.91 Å². The second kappa shape index (κ2) is 6.97. The number of amides is 1. The molecular weight excluding hydrogens is 245 g/mol. The van der Waals surface area contributed by atoms with Crippen LogP contribution in [0.1, 0.15) is 38.5 Å². The summed E-state index contributed by atoms with van der Waals surface area (Å²) in [6, 6.07) is 0. The van der Waals surface area contributed by atoms with Crippen LogP contribution in [0.5, 0.6) is 0 Å². The van der Waals surface area contributed by atoms with Crippen LogP contribution in [0, 0.1) is 5.92 Å². The number of nitrogens with zero attached hydrogens (tertiary/aromatic N) is 1. The van der Waals surface area contributed by atoms with Crippen molar-refractivity contribution in [3.63, 3.8) is 0 Å². The summed E-state index contributed by atoms with van der Waals surface area (Å²) in [7, 11) is 0. The van der Waals surface area contributed by atoms with E-state index < -0.39 is 12.6 Å². The molecule has 6 heteroatoms. The van der Waals surface area contributed by atoms with Gasteiger partial charge in [-0.15, -0.1) is 0 Å². The van der Waals surface area contributed by atoms with E-state index in [1.165, 1.54) is 0 Å². The van der Waals surface area contributed by atoms with E-state index in [1.54, 1.807) is 0 Å². The number of piperidine rings is 1. The summed E-state index contributed by atoms with van der Waals surface area (Å²) in [5, 5.41) is 0. The summed E-state index contributed by atoms with van der Waals surface area (Å²) in [4.78, 5) is 12.7. The van der Waals surface area contributed by atoms with Gasteiger partial charge in [-0.2, -0.15) is 13.2 Å². The molecule has 1 rings (SSSR count). The van der Waals surface area contributed by atoms with E-state index in [0.717, 1.165) is 32.4 Å². The Morgan fingerprint density at radius 2 is 1.89 bits per heavy atom. The highest BCUT2D eigenvalue weighted by Crippen LogP contribution is 2.24. The molecule has 0 spiro atoms. The molecule has 0 atom stereocenters. The molecule has 1 heterocycles. The van der Waals surface area contributed by atoms with Gasteiger partial charge in [0.05, 0.1) is 0 Å². The molecule has 0 aliphatic carbocycles. The van der Waals surface area contributed by atoms with Crippen LogP contribution >= 0.6 is 0 Å². The van der Waals surface area contributed by atoms with Crippen molar-refractivity contribution in [1.82, 2.24) is 4.90 Å². The first kappa shape index (κ1) is 15.3. The highest BCUT2D eigenvalue weighted by molar-refractivity contribution is 5.73. The Labute approximate surface area is 106 Å². The van der Waals surface area contributed by atoms with Gasteiger partial charge in [-0.3, -0.25) is 4.79 Å². The molecule has 1 aliphatic rings. The van der Waals surface area contributed by atoms with Gasteiger partial charge in [-0.05, 0) is 51.2 Å². The van der Waals surface area contributed by atoms with Crippen molar-refractivity contribution in [2.45, 2.75) is 44.7 Å². The van der Waals surface area contributed by atoms with Crippen LogP contribution in [0.25, 0.3) is 0 Å². The summed E-state index contributed by atoms with van der Waals surface area (Å²) in [5.74, 6) is 0.221. The molecule has 0 aromatic rings. The monoisotopic (exact) mass is 266 g/mol. The van der Waals surface area contributed by atoms with Crippen LogP contribution < -0.4 is 5.73 Å². The summed E-state index contributed by atoms with van der Waals surface area (Å²) in [5.41, 5.74) is 5.09. The highest BCUT2D eigenvalue weighted by atomic mass is 19.4. The molecular formula is C12H21F3N2O. The first-order valence-corrected chi connectivity index (χ1v) is 6.44. The zero-order valence-electron chi connectivity index (χ0n) is 10.5. The molecule has 1 saturated heterocycles. The quantitative estimate of drug-likeness (QED) is 0.802. The topological polar surface area (TPSA) is 46.3 Å². The predicted molar refractivity (Wildman–Crippen MR) is 62.9 cm³/mol. The van der Waals surface area contributed by atoms with Gasteiger partial charge in [0, 0.05) is 12.8 Å². The number of likely N-dealkylation sites (tertiary alicyclic amines) is 1. The molecule has 1 fully saturated rings. The third-order valence-electron chi connectivity index (χ3n) is 3.44. The van der Waals surface area contributed by atoms with Crippen molar-refractivity contribution in [2.24, 2.45) is 11.7 Å². The normalized spacial score (nSPS) is 19.1. The number of hydrogen-bond acceptors (Lipinski definition) is 2. The van der Waals surface area contributed by atoms with Crippen LogP contribution in [0.15, 0.2) is 0 Å². The number of primary amides is 1. The number of carbonyl (C=O) groups excluding carboxylic acids is 1. The number of alkyl halides is 3. The number of carbonyl (C=O) groups is 1. The zero-order chi connectivity index (χ0) is 13.6. The largest absolute Gasteiger partial charge is 0.389 e. The number of hydrogen-bond donors (Lipinski definition) is 1. The minimum atomic E-state index is -4.04. The molecule has 18 heavy (non-hydrogen) atoms. The average molecular weight is 266 g/mol. The van der Waals surface area contributed by atoms with E-state index in [-0.39, 0.29) is 12.3 Å². The summed E-state index contributed by atoms with van der Waals surface area (Å²) in [6.07, 6.45) is -1.42. The third-order valence-corrected chi connectivity index (χ3v) is 3.44. The van der Waals surface area contributed by atoms with Crippen LogP contribution in [0.2, 0.25) is 0 Å². The molecule has 3 nitrogen and oxygen atoms in total. The SMILES string of the molecule is NC(=O)CCC1CCN(CCCC(F)(F)F)CC1. The fourth-order valence-electron chi connectivity index (χ4n) is 2.35. The Morgan fingerprint density at radius 3 is 2.39 bits per heavy atom. The van der Waals surface area contributed by atoms with Gasteiger partial charge >= 0.3 is 6.18 Å². The zero-order valence-corrected chi connectivity index (χ0v) is 10.5. The lowest BCUT2D eigenvalue weighted by atomic mass is 9.92. The molecule has 106 valence electrons. The Bertz CT molecular complexity index is 261. The summed E-state index contributed by atoms with van der Waals surface area (Å²) < 4.78 is 36.0. The molecule has 1 amide bonds. The van der Waals surface area contributed by atoms with E-state index in [4.69, 9.17) is 5.73 Å². The molecule has 0 unspecified atom stereocenters. The van der Waals surface area contributed by atoms with Crippen molar-refractivity contribution < 1.29 is 18.0 Å². The first-order valence-electron chi connectivity index (χ1n) is 6.44. The molecule has 1 aliphatic heterocycles. The number of rotatable bonds is 6. The van der Waals surface area contributed by atoms with Gasteiger partial charge in [-0.25, -0.2) is 0 Å². The van der Waals surface area contributed by atoms with Gasteiger partial charge in [0.1, 0.15) is 0 Å². The van der Waals surface area contributed by atoms with Crippen molar-refractivity contribution in [3.05, 3.63) is 0 Å². The fraction of sp³-hybridized carbons (Fsp3) is 0.917. The van der Waals surface area contributed by atoms with Crippen LogP contribution in [-0.2, 0) is 4.79 Å². The Hall–Kier alpha value is -0.780. The van der Waals surface area contributed by atoms with Crippen LogP contribution in [0.3, 0.4) is 0 Å². The first-order chi connectivity index (χ1) is 8.37. The van der Waals surface area contributed by atoms with Gasteiger partial charge in [0.25, 0.3) is 0 Å². The van der Waals surface area contributed by atoms with E-state index in [2.05, 4.69) is 4.90 Å². The van der Waals surface area contributed by atoms with Crippen molar-refractivity contribution in [2.75, 3.05) is 19.6 Å². The average Bonchev–Trinajstić information content (AvgIpc) is 2.26. The van der Waals surface area contributed by atoms with Crippen molar-refractivity contribution in [1.29, 1.82) is 0 Å². The maximum absolute atomic E-state index is 12.0. The molecule has 2 N–H and O–H groups in total. The lowest BCUT2D eigenvalue weighted by Gasteiger charge is -2.31. The van der Waals surface area contributed by atoms with Crippen LogP contribution in [0.4, 0.5) is 13.2 Å². The van der Waals surface area contributed by atoms with Crippen molar-refractivity contribution in [3.8, 4) is 0 Å². The smallest absolute Gasteiger partial charge is 0.370 e. The molecule has 0 aromatic heterocycles. The maximum Gasteiger partial charge on any atom is 0.389 e. The second-order valence-corrected chi connectivity index (χ2v) is 5.01. The fourth-order valence-corrected chi connectivity index (χ4v) is 2.35. The van der Waals surface area contributed by atoms with Gasteiger partial charge < -0.3 is 10.6 Å². The Morgan fingerprint density at radius 1 is 1.28 bits per heavy atom. The molecule has 0 saturated carbocycles. The van der Waals surface area contributed by atoms with E-state index >= 15 is 0 Å². The van der Waals surface area contributed by atoms with Crippen LogP contribution in [-0.4, -0.2) is 36.6 Å². The Balaban J connectivity index is 2.10. The minimum absolute atomic E-state index is 0.176. The highest BCUT2D eigenvalue weighted by Gasteiger charge is 2.27. The minimum Gasteiger partial charge on any atom is -0.370 e. The second-order valence-electron chi connectivity index (χ2n) is 5.01. The van der Waals surface area contributed by atoms with E-state index in [1.807, 2.05) is 0 Å². The lowest BCUT2D eigenvalue weighted by Crippen LogP contribution is -2.35. The number of nitrogens with two attached hydrogens (primary N) is 1. The molecule has 0 radical (unpaired) electrons. The Kier molecular flexibility index (Phi) is 5.91. The molecule has 0 bridgehead atoms. The predicted octanol–water partition coefficient (Wildman–Crippen LogP) is 2.31. The van der Waals surface area contributed by atoms with Gasteiger partial charge in [0.15, 0.2) is 0 Å². The van der Waals surface area contributed by atoms with E-state index in [0.29, 0.717) is 18.9 Å². The summed E-state index contributed by atoms with van der Waals surface area (Å²) in [6.45, 7) is 2.19. The lowest BCUT2D eigenvalue weighted by molar-refractivity contribution is -0.136. The van der Waals surface area contributed by atoms with Gasteiger partial charge in [0.2, 0.25) is 5.91 Å². The molecule has 0 aromatic carbocycles. The number of halogens is 3. The maximum atomic E-state index is 12.0. The third kappa shape index (κ3) is 6.83.